The molecule has 268 valence electrons. The highest BCUT2D eigenvalue weighted by molar-refractivity contribution is 6.04. The van der Waals surface area contributed by atoms with Crippen molar-refractivity contribution in [3.8, 4) is 55.6 Å². The van der Waals surface area contributed by atoms with Crippen LogP contribution in [0, 0.1) is 0 Å². The van der Waals surface area contributed by atoms with Crippen molar-refractivity contribution in [3.63, 3.8) is 0 Å². The van der Waals surface area contributed by atoms with Crippen molar-refractivity contribution in [1.29, 1.82) is 0 Å². The Bertz CT molecular complexity index is 2970. The van der Waals surface area contributed by atoms with E-state index in [0.29, 0.717) is 0 Å². The molecule has 10 aromatic rings. The maximum Gasteiger partial charge on any atom is 0.0462 e. The Morgan fingerprint density at radius 1 is 0.228 bits per heavy atom. The molecule has 0 aromatic heterocycles. The third-order valence-electron chi connectivity index (χ3n) is 11.1. The van der Waals surface area contributed by atoms with Crippen molar-refractivity contribution in [2.45, 2.75) is 0 Å². The van der Waals surface area contributed by atoms with Crippen molar-refractivity contribution in [3.05, 3.63) is 237 Å². The molecule has 0 unspecified atom stereocenters. The van der Waals surface area contributed by atoms with E-state index < -0.39 is 0 Å². The minimum absolute atomic E-state index is 1.10. The number of hydrogen-bond donors (Lipinski definition) is 0. The van der Waals surface area contributed by atoms with Crippen molar-refractivity contribution in [2.75, 3.05) is 4.90 Å². The highest BCUT2D eigenvalue weighted by atomic mass is 15.1. The fourth-order valence-electron chi connectivity index (χ4n) is 8.15. The third-order valence-corrected chi connectivity index (χ3v) is 11.1. The van der Waals surface area contributed by atoms with Crippen LogP contribution in [-0.2, 0) is 0 Å². The van der Waals surface area contributed by atoms with E-state index >= 15 is 0 Å². The van der Waals surface area contributed by atoms with E-state index in [1.807, 2.05) is 0 Å². The fraction of sp³-hybridized carbons (Fsp3) is 0. The molecule has 0 aliphatic rings. The molecule has 0 spiro atoms. The van der Waals surface area contributed by atoms with Crippen molar-refractivity contribution >= 4 is 38.6 Å². The topological polar surface area (TPSA) is 3.24 Å². The Hall–Kier alpha value is -7.48. The van der Waals surface area contributed by atoms with Gasteiger partial charge < -0.3 is 4.90 Å². The summed E-state index contributed by atoms with van der Waals surface area (Å²) in [4.78, 5) is 2.36. The number of nitrogens with zero attached hydrogens (tertiary/aromatic N) is 1. The SMILES string of the molecule is c1ccc(-c2cccc(-c3ccc(N(c4ccc(-c5ccc6ccccc6c5)cc4)c4ccc(-c5ccc6ccccc6c5-c5ccccc5)cc4)cc3)c2)cc1. The summed E-state index contributed by atoms with van der Waals surface area (Å²) < 4.78 is 0. The first-order valence-electron chi connectivity index (χ1n) is 19.6. The minimum atomic E-state index is 1.10. The summed E-state index contributed by atoms with van der Waals surface area (Å²) >= 11 is 0. The number of anilines is 3. The van der Waals surface area contributed by atoms with Crippen molar-refractivity contribution < 1.29 is 0 Å². The number of rotatable bonds is 8. The summed E-state index contributed by atoms with van der Waals surface area (Å²) in [5.74, 6) is 0. The van der Waals surface area contributed by atoms with Crippen LogP contribution >= 0.6 is 0 Å². The summed E-state index contributed by atoms with van der Waals surface area (Å²) in [5.41, 5.74) is 15.4. The van der Waals surface area contributed by atoms with Crippen LogP contribution in [0.25, 0.3) is 77.2 Å². The van der Waals surface area contributed by atoms with Gasteiger partial charge in [-0.05, 0) is 126 Å². The van der Waals surface area contributed by atoms with Gasteiger partial charge in [-0.15, -0.1) is 0 Å². The monoisotopic (exact) mass is 725 g/mol. The summed E-state index contributed by atoms with van der Waals surface area (Å²) in [7, 11) is 0. The molecular weight excluding hydrogens is 687 g/mol. The predicted octanol–water partition coefficient (Wildman–Crippen LogP) is 15.8. The molecule has 0 saturated heterocycles. The van der Waals surface area contributed by atoms with Gasteiger partial charge in [-0.3, -0.25) is 0 Å². The second-order valence-corrected chi connectivity index (χ2v) is 14.6. The first-order chi connectivity index (χ1) is 28.2. The lowest BCUT2D eigenvalue weighted by Crippen LogP contribution is -2.09. The molecule has 0 aliphatic heterocycles. The average Bonchev–Trinajstić information content (AvgIpc) is 3.30. The van der Waals surface area contributed by atoms with Crippen LogP contribution < -0.4 is 4.90 Å². The van der Waals surface area contributed by atoms with Gasteiger partial charge >= 0.3 is 0 Å². The largest absolute Gasteiger partial charge is 0.311 e. The molecule has 0 heterocycles. The van der Waals surface area contributed by atoms with E-state index in [9.17, 15) is 0 Å². The molecule has 10 rings (SSSR count). The predicted molar refractivity (Wildman–Crippen MR) is 243 cm³/mol. The van der Waals surface area contributed by atoms with E-state index in [-0.39, 0.29) is 0 Å². The molecule has 57 heavy (non-hydrogen) atoms. The van der Waals surface area contributed by atoms with Gasteiger partial charge in [0.1, 0.15) is 0 Å². The number of fused-ring (bicyclic) bond motifs is 2. The lowest BCUT2D eigenvalue weighted by atomic mass is 9.90. The van der Waals surface area contributed by atoms with Gasteiger partial charge in [0.2, 0.25) is 0 Å². The van der Waals surface area contributed by atoms with Crippen LogP contribution in [-0.4, -0.2) is 0 Å². The highest BCUT2D eigenvalue weighted by Crippen LogP contribution is 2.41. The van der Waals surface area contributed by atoms with E-state index in [4.69, 9.17) is 0 Å². The standard InChI is InChI=1S/C56H39N/c1-3-12-40(13-4-1)48-19-11-20-49(38-48)42-24-31-51(32-25-42)57(52-33-26-43(27-34-52)50-23-22-41-14-7-8-18-47(41)39-50)53-35-28-45(29-36-53)55-37-30-44-15-9-10-21-54(44)56(55)46-16-5-2-6-17-46/h1-39H. The molecule has 0 saturated carbocycles. The zero-order chi connectivity index (χ0) is 38.0. The minimum Gasteiger partial charge on any atom is -0.311 e. The fourth-order valence-corrected chi connectivity index (χ4v) is 8.15. The van der Waals surface area contributed by atoms with Crippen molar-refractivity contribution in [1.82, 2.24) is 0 Å². The van der Waals surface area contributed by atoms with Gasteiger partial charge in [0.25, 0.3) is 0 Å². The Kier molecular flexibility index (Phi) is 8.95. The first kappa shape index (κ1) is 34.0. The van der Waals surface area contributed by atoms with Crippen LogP contribution in [0.5, 0.6) is 0 Å². The van der Waals surface area contributed by atoms with E-state index in [1.54, 1.807) is 0 Å². The molecule has 0 bridgehead atoms. The third kappa shape index (κ3) is 6.77. The molecule has 0 atom stereocenters. The zero-order valence-corrected chi connectivity index (χ0v) is 31.5. The van der Waals surface area contributed by atoms with Crippen LogP contribution in [0.3, 0.4) is 0 Å². The molecular formula is C56H39N. The van der Waals surface area contributed by atoms with Crippen LogP contribution in [0.15, 0.2) is 237 Å². The van der Waals surface area contributed by atoms with Crippen molar-refractivity contribution in [2.24, 2.45) is 0 Å². The molecule has 0 fully saturated rings. The van der Waals surface area contributed by atoms with Crippen LogP contribution in [0.2, 0.25) is 0 Å². The van der Waals surface area contributed by atoms with Gasteiger partial charge in [0.05, 0.1) is 0 Å². The second kappa shape index (κ2) is 15.0. The first-order valence-corrected chi connectivity index (χ1v) is 19.6. The van der Waals surface area contributed by atoms with Crippen LogP contribution in [0.4, 0.5) is 17.1 Å². The Balaban J connectivity index is 1.04. The summed E-state index contributed by atoms with van der Waals surface area (Å²) in [5, 5.41) is 5.00. The smallest absolute Gasteiger partial charge is 0.0462 e. The highest BCUT2D eigenvalue weighted by Gasteiger charge is 2.16. The average molecular weight is 726 g/mol. The van der Waals surface area contributed by atoms with Gasteiger partial charge in [0, 0.05) is 17.1 Å². The number of benzene rings is 10. The van der Waals surface area contributed by atoms with Gasteiger partial charge in [-0.1, -0.05) is 188 Å². The van der Waals surface area contributed by atoms with Gasteiger partial charge in [-0.25, -0.2) is 0 Å². The molecule has 10 aromatic carbocycles. The van der Waals surface area contributed by atoms with E-state index in [2.05, 4.69) is 241 Å². The summed E-state index contributed by atoms with van der Waals surface area (Å²) in [6.45, 7) is 0. The summed E-state index contributed by atoms with van der Waals surface area (Å²) in [6, 6.07) is 85.6. The lowest BCUT2D eigenvalue weighted by molar-refractivity contribution is 1.28. The van der Waals surface area contributed by atoms with Gasteiger partial charge in [-0.2, -0.15) is 0 Å². The van der Waals surface area contributed by atoms with E-state index in [1.165, 1.54) is 77.2 Å². The van der Waals surface area contributed by atoms with Crippen LogP contribution in [0.1, 0.15) is 0 Å². The maximum atomic E-state index is 2.36. The summed E-state index contributed by atoms with van der Waals surface area (Å²) in [6.07, 6.45) is 0. The maximum absolute atomic E-state index is 2.36. The number of hydrogen-bond acceptors (Lipinski definition) is 1. The lowest BCUT2D eigenvalue weighted by Gasteiger charge is -2.26. The van der Waals surface area contributed by atoms with Gasteiger partial charge in [0.15, 0.2) is 0 Å². The molecule has 0 N–H and O–H groups in total. The zero-order valence-electron chi connectivity index (χ0n) is 31.5. The Morgan fingerprint density at radius 3 is 1.26 bits per heavy atom. The Morgan fingerprint density at radius 2 is 0.649 bits per heavy atom. The molecule has 1 heteroatoms. The molecule has 0 amide bonds. The molecule has 0 aliphatic carbocycles. The molecule has 0 radical (unpaired) electrons. The Labute approximate surface area is 334 Å². The second-order valence-electron chi connectivity index (χ2n) is 14.6. The normalized spacial score (nSPS) is 11.2. The quantitative estimate of drug-likeness (QED) is 0.151. The van der Waals surface area contributed by atoms with E-state index in [0.717, 1.165) is 17.1 Å². The molecule has 1 nitrogen and oxygen atoms in total.